The lowest BCUT2D eigenvalue weighted by Gasteiger charge is -2.28. The van der Waals surface area contributed by atoms with Crippen molar-refractivity contribution < 1.29 is 19.1 Å². The minimum absolute atomic E-state index is 0.0183. The zero-order valence-electron chi connectivity index (χ0n) is 21.8. The van der Waals surface area contributed by atoms with Crippen molar-refractivity contribution in [2.24, 2.45) is 4.99 Å². The van der Waals surface area contributed by atoms with Gasteiger partial charge in [-0.05, 0) is 56.5 Å². The standard InChI is InChI=1S/C29H28N6O4S/c1-4-22(36)32-18-11-12-19(15-18)33-27(37)26-25-24-21(13-14-30-28(24)40-26)35(29(38)34-25)17(3)16-31-23(5-2)39-20-9-7-6-8-10-20/h4-10,13-14,16,18-19H,1-2,11-12,15H2,3H3,(H,32,36)(H,33,37)(H,34,38)/b17-16+,31-23+/t18-,19-/m0/s1. The van der Waals surface area contributed by atoms with Crippen molar-refractivity contribution in [3.63, 3.8) is 0 Å². The molecular weight excluding hydrogens is 528 g/mol. The zero-order chi connectivity index (χ0) is 28.2. The van der Waals surface area contributed by atoms with Crippen molar-refractivity contribution in [1.29, 1.82) is 0 Å². The van der Waals surface area contributed by atoms with E-state index < -0.39 is 6.03 Å². The number of nitrogens with zero attached hydrogens (tertiary/aromatic N) is 3. The van der Waals surface area contributed by atoms with Gasteiger partial charge in [0.05, 0.1) is 23.0 Å². The van der Waals surface area contributed by atoms with Crippen LogP contribution in [-0.2, 0) is 4.79 Å². The summed E-state index contributed by atoms with van der Waals surface area (Å²) < 4.78 is 5.75. The molecule has 4 amide bonds. The van der Waals surface area contributed by atoms with Crippen LogP contribution in [0.5, 0.6) is 5.75 Å². The summed E-state index contributed by atoms with van der Waals surface area (Å²) in [5, 5.41) is 9.50. The number of carbonyl (C=O) groups is 3. The number of thiophene rings is 1. The largest absolute Gasteiger partial charge is 0.439 e. The van der Waals surface area contributed by atoms with E-state index in [4.69, 9.17) is 4.74 Å². The van der Waals surface area contributed by atoms with Gasteiger partial charge in [0.1, 0.15) is 15.5 Å². The smallest absolute Gasteiger partial charge is 0.330 e. The molecule has 2 atom stereocenters. The molecule has 3 heterocycles. The number of hydrogen-bond acceptors (Lipinski definition) is 7. The van der Waals surface area contributed by atoms with Gasteiger partial charge in [-0.3, -0.25) is 14.5 Å². The van der Waals surface area contributed by atoms with Crippen molar-refractivity contribution in [1.82, 2.24) is 15.6 Å². The van der Waals surface area contributed by atoms with Gasteiger partial charge in [-0.15, -0.1) is 11.3 Å². The van der Waals surface area contributed by atoms with Gasteiger partial charge in [-0.1, -0.05) is 31.4 Å². The van der Waals surface area contributed by atoms with Crippen LogP contribution in [0.25, 0.3) is 10.2 Å². The molecule has 2 aromatic heterocycles. The summed E-state index contributed by atoms with van der Waals surface area (Å²) in [7, 11) is 0. The van der Waals surface area contributed by atoms with E-state index in [9.17, 15) is 14.4 Å². The average molecular weight is 557 g/mol. The normalized spacial score (nSPS) is 18.7. The van der Waals surface area contributed by atoms with E-state index in [0.29, 0.717) is 44.3 Å². The molecule has 5 rings (SSSR count). The first kappa shape index (κ1) is 26.8. The number of rotatable bonds is 8. The molecular formula is C29H28N6O4S. The Morgan fingerprint density at radius 1 is 1.15 bits per heavy atom. The third-order valence-corrected chi connectivity index (χ3v) is 7.72. The average Bonchev–Trinajstić information content (AvgIpc) is 3.56. The second kappa shape index (κ2) is 11.5. The Hall–Kier alpha value is -4.77. The van der Waals surface area contributed by atoms with E-state index >= 15 is 0 Å². The number of benzene rings is 1. The molecule has 1 saturated carbocycles. The van der Waals surface area contributed by atoms with Gasteiger partial charge in [-0.25, -0.2) is 14.8 Å². The maximum Gasteiger partial charge on any atom is 0.330 e. The Morgan fingerprint density at radius 3 is 2.62 bits per heavy atom. The molecule has 0 unspecified atom stereocenters. The lowest BCUT2D eigenvalue weighted by atomic mass is 10.1. The minimum atomic E-state index is -0.423. The monoisotopic (exact) mass is 556 g/mol. The molecule has 0 saturated heterocycles. The highest BCUT2D eigenvalue weighted by molar-refractivity contribution is 7.21. The zero-order valence-corrected chi connectivity index (χ0v) is 22.7. The lowest BCUT2D eigenvalue weighted by molar-refractivity contribution is -0.117. The molecule has 0 bridgehead atoms. The summed E-state index contributed by atoms with van der Waals surface area (Å²) >= 11 is 1.22. The summed E-state index contributed by atoms with van der Waals surface area (Å²) in [6, 6.07) is 10.4. The highest BCUT2D eigenvalue weighted by atomic mass is 32.1. The molecule has 204 valence electrons. The Balaban J connectivity index is 1.38. The molecule has 3 aromatic rings. The number of allylic oxidation sites excluding steroid dienone is 1. The maximum absolute atomic E-state index is 13.3. The topological polar surface area (TPSA) is 125 Å². The van der Waals surface area contributed by atoms with Gasteiger partial charge in [0.25, 0.3) is 5.91 Å². The molecule has 10 nitrogen and oxygen atoms in total. The van der Waals surface area contributed by atoms with Gasteiger partial charge < -0.3 is 20.7 Å². The highest BCUT2D eigenvalue weighted by Gasteiger charge is 2.34. The fourth-order valence-electron chi connectivity index (χ4n) is 4.79. The molecule has 40 heavy (non-hydrogen) atoms. The third kappa shape index (κ3) is 5.50. The molecule has 3 N–H and O–H groups in total. The number of nitrogens with one attached hydrogen (secondary N) is 3. The first-order chi connectivity index (χ1) is 19.4. The van der Waals surface area contributed by atoms with Crippen LogP contribution >= 0.6 is 11.3 Å². The van der Waals surface area contributed by atoms with Crippen molar-refractivity contribution in [2.45, 2.75) is 38.3 Å². The quantitative estimate of drug-likeness (QED) is 0.202. The van der Waals surface area contributed by atoms with E-state index in [0.717, 1.165) is 12.8 Å². The number of carbonyl (C=O) groups excluding carboxylic acids is 3. The van der Waals surface area contributed by atoms with Gasteiger partial charge >= 0.3 is 6.03 Å². The summed E-state index contributed by atoms with van der Waals surface area (Å²) in [4.78, 5) is 49.6. The Labute approximate surface area is 235 Å². The van der Waals surface area contributed by atoms with Gasteiger partial charge in [0, 0.05) is 24.0 Å². The van der Waals surface area contributed by atoms with E-state index in [1.165, 1.54) is 34.6 Å². The van der Waals surface area contributed by atoms with Gasteiger partial charge in [-0.2, -0.15) is 0 Å². The second-order valence-electron chi connectivity index (χ2n) is 9.33. The maximum atomic E-state index is 13.3. The van der Waals surface area contributed by atoms with E-state index in [-0.39, 0.29) is 29.8 Å². The molecule has 1 aliphatic heterocycles. The van der Waals surface area contributed by atoms with Crippen molar-refractivity contribution in [3.8, 4) is 5.75 Å². The minimum Gasteiger partial charge on any atom is -0.439 e. The van der Waals surface area contributed by atoms with Crippen molar-refractivity contribution in [3.05, 3.63) is 84.7 Å². The second-order valence-corrected chi connectivity index (χ2v) is 10.3. The van der Waals surface area contributed by atoms with Gasteiger partial charge in [0.15, 0.2) is 0 Å². The van der Waals surface area contributed by atoms with Crippen LogP contribution in [0.3, 0.4) is 0 Å². The Bertz CT molecular complexity index is 1560. The number of aromatic nitrogens is 1. The number of ether oxygens (including phenoxy) is 1. The fraction of sp³-hybridized carbons (Fsp3) is 0.207. The van der Waals surface area contributed by atoms with E-state index in [1.807, 2.05) is 18.2 Å². The predicted molar refractivity (Wildman–Crippen MR) is 157 cm³/mol. The SMILES string of the molecule is C=CC(=O)N[C@H]1CC[C@H](NC(=O)c2sc3nccc4c3c2NC(=O)N4/C(C)=C/N=C(\C=C)Oc2ccccc2)C1. The van der Waals surface area contributed by atoms with Crippen LogP contribution in [0.1, 0.15) is 35.9 Å². The third-order valence-electron chi connectivity index (χ3n) is 6.62. The lowest BCUT2D eigenvalue weighted by Crippen LogP contribution is -2.38. The summed E-state index contributed by atoms with van der Waals surface area (Å²) in [6.07, 6.45) is 7.99. The predicted octanol–water partition coefficient (Wildman–Crippen LogP) is 5.13. The summed E-state index contributed by atoms with van der Waals surface area (Å²) in [6.45, 7) is 8.99. The number of pyridine rings is 1. The molecule has 1 aliphatic carbocycles. The molecule has 1 aromatic carbocycles. The molecule has 1 fully saturated rings. The number of anilines is 2. The van der Waals surface area contributed by atoms with Gasteiger partial charge in [0.2, 0.25) is 11.8 Å². The van der Waals surface area contributed by atoms with Crippen LogP contribution in [0.15, 0.2) is 84.8 Å². The number of para-hydroxylation sites is 1. The van der Waals surface area contributed by atoms with Crippen LogP contribution in [0.2, 0.25) is 0 Å². The highest BCUT2D eigenvalue weighted by Crippen LogP contribution is 2.44. The Kier molecular flexibility index (Phi) is 7.74. The van der Waals surface area contributed by atoms with E-state index in [1.54, 1.807) is 31.3 Å². The number of hydrogen-bond donors (Lipinski definition) is 3. The number of urea groups is 1. The first-order valence-electron chi connectivity index (χ1n) is 12.7. The first-order valence-corrected chi connectivity index (χ1v) is 13.6. The summed E-state index contributed by atoms with van der Waals surface area (Å²) in [5.41, 5.74) is 1.56. The summed E-state index contributed by atoms with van der Waals surface area (Å²) in [5.74, 6) is 0.374. The fourth-order valence-corrected chi connectivity index (χ4v) is 5.82. The number of amides is 4. The van der Waals surface area contributed by atoms with Crippen LogP contribution in [0.4, 0.5) is 16.2 Å². The van der Waals surface area contributed by atoms with Crippen molar-refractivity contribution in [2.75, 3.05) is 10.2 Å². The Morgan fingerprint density at radius 2 is 1.90 bits per heavy atom. The number of aliphatic imine (C=N–C) groups is 1. The molecule has 0 spiro atoms. The molecule has 2 aliphatic rings. The van der Waals surface area contributed by atoms with Crippen molar-refractivity contribution >= 4 is 56.7 Å². The van der Waals surface area contributed by atoms with Crippen LogP contribution in [0, 0.1) is 0 Å². The molecule has 0 radical (unpaired) electrons. The van der Waals surface area contributed by atoms with Crippen LogP contribution < -0.4 is 25.6 Å². The van der Waals surface area contributed by atoms with E-state index in [2.05, 4.69) is 39.1 Å². The van der Waals surface area contributed by atoms with Crippen LogP contribution in [-0.4, -0.2) is 40.8 Å². The molecule has 11 heteroatoms.